The molecule has 0 aromatic heterocycles. The molecule has 1 aromatic rings. The minimum Gasteiger partial charge on any atom is -0.395 e. The average molecular weight is 415 g/mol. The second-order valence-corrected chi connectivity index (χ2v) is 7.52. The summed E-state index contributed by atoms with van der Waals surface area (Å²) in [5.74, 6) is 0. The van der Waals surface area contributed by atoms with Gasteiger partial charge in [0.2, 0.25) is 0 Å². The van der Waals surface area contributed by atoms with E-state index in [0.29, 0.717) is 6.54 Å². The zero-order valence-electron chi connectivity index (χ0n) is 15.8. The first-order valence-electron chi connectivity index (χ1n) is 9.58. The first-order chi connectivity index (χ1) is 13.9. The van der Waals surface area contributed by atoms with Crippen LogP contribution in [0.15, 0.2) is 30.3 Å². The summed E-state index contributed by atoms with van der Waals surface area (Å²) in [6.45, 7) is -0.552. The molecule has 10 heteroatoms. The van der Waals surface area contributed by atoms with Crippen LogP contribution in [0, 0.1) is 0 Å². The van der Waals surface area contributed by atoms with Crippen LogP contribution in [0.4, 0.5) is 0 Å². The largest absolute Gasteiger partial charge is 0.395 e. The number of likely N-dealkylation sites (tertiary alicyclic amines) is 1. The van der Waals surface area contributed by atoms with E-state index in [9.17, 15) is 35.7 Å². The Labute approximate surface area is 168 Å². The zero-order chi connectivity index (χ0) is 21.1. The molecule has 7 N–H and O–H groups in total. The van der Waals surface area contributed by atoms with Gasteiger partial charge in [0.15, 0.2) is 6.29 Å². The molecule has 2 aliphatic rings. The number of ether oxygens (including phenoxy) is 2. The van der Waals surface area contributed by atoms with Gasteiger partial charge in [-0.1, -0.05) is 30.3 Å². The molecule has 2 heterocycles. The number of hydrogen-bond donors (Lipinski definition) is 7. The van der Waals surface area contributed by atoms with Gasteiger partial charge < -0.3 is 45.2 Å². The standard InChI is InChI=1S/C19H29NO9/c21-8-11-18(29-19-17(27)16(26)15(25)13(9-22)28-19)14(24)12(23)7-20(11)6-10-4-2-1-3-5-10/h1-5,11-19,21-27H,6-9H2/t11-,12+,13-,14-,15-,16+,17-,18-,19-/m1/s1. The van der Waals surface area contributed by atoms with Gasteiger partial charge in [-0.15, -0.1) is 0 Å². The molecule has 3 rings (SSSR count). The molecule has 0 aliphatic carbocycles. The van der Waals surface area contributed by atoms with Crippen molar-refractivity contribution >= 4 is 0 Å². The average Bonchev–Trinajstić information content (AvgIpc) is 2.72. The molecule has 2 aliphatic heterocycles. The summed E-state index contributed by atoms with van der Waals surface area (Å²) in [5, 5.41) is 70.1. The summed E-state index contributed by atoms with van der Waals surface area (Å²) in [6, 6.07) is 8.63. The Hall–Kier alpha value is -1.18. The third kappa shape index (κ3) is 4.78. The maximum atomic E-state index is 10.5. The van der Waals surface area contributed by atoms with Gasteiger partial charge in [-0.3, -0.25) is 4.90 Å². The van der Waals surface area contributed by atoms with E-state index in [-0.39, 0.29) is 6.54 Å². The van der Waals surface area contributed by atoms with Crippen molar-refractivity contribution in [3.05, 3.63) is 35.9 Å². The summed E-state index contributed by atoms with van der Waals surface area (Å²) in [6.07, 6.45) is -11.2. The Morgan fingerprint density at radius 2 is 1.59 bits per heavy atom. The van der Waals surface area contributed by atoms with E-state index >= 15 is 0 Å². The van der Waals surface area contributed by atoms with Crippen molar-refractivity contribution in [2.45, 2.75) is 61.6 Å². The normalized spacial score (nSPS) is 41.4. The molecule has 0 bridgehead atoms. The number of piperidine rings is 1. The quantitative estimate of drug-likeness (QED) is 0.251. The zero-order valence-corrected chi connectivity index (χ0v) is 15.8. The number of nitrogens with zero attached hydrogens (tertiary/aromatic N) is 1. The molecule has 0 spiro atoms. The smallest absolute Gasteiger partial charge is 0.187 e. The third-order valence-electron chi connectivity index (χ3n) is 5.56. The van der Waals surface area contributed by atoms with Gasteiger partial charge in [-0.2, -0.15) is 0 Å². The molecule has 0 saturated carbocycles. The fourth-order valence-electron chi connectivity index (χ4n) is 3.86. The minimum atomic E-state index is -1.65. The van der Waals surface area contributed by atoms with Crippen molar-refractivity contribution in [2.24, 2.45) is 0 Å². The van der Waals surface area contributed by atoms with Crippen LogP contribution in [0.1, 0.15) is 5.56 Å². The molecule has 29 heavy (non-hydrogen) atoms. The summed E-state index contributed by atoms with van der Waals surface area (Å²) in [7, 11) is 0. The highest BCUT2D eigenvalue weighted by Crippen LogP contribution is 2.29. The van der Waals surface area contributed by atoms with E-state index in [1.165, 1.54) is 0 Å². The van der Waals surface area contributed by atoms with Crippen LogP contribution in [0.5, 0.6) is 0 Å². The fraction of sp³-hybridized carbons (Fsp3) is 0.684. The van der Waals surface area contributed by atoms with Crippen LogP contribution in [0.3, 0.4) is 0 Å². The van der Waals surface area contributed by atoms with Crippen LogP contribution in [-0.4, -0.2) is 115 Å². The number of hydrogen-bond acceptors (Lipinski definition) is 10. The summed E-state index contributed by atoms with van der Waals surface area (Å²) < 4.78 is 11.0. The Morgan fingerprint density at radius 3 is 2.21 bits per heavy atom. The maximum absolute atomic E-state index is 10.5. The predicted octanol–water partition coefficient (Wildman–Crippen LogP) is -3.23. The lowest BCUT2D eigenvalue weighted by atomic mass is 9.92. The van der Waals surface area contributed by atoms with E-state index in [0.717, 1.165) is 5.56 Å². The Morgan fingerprint density at radius 1 is 0.897 bits per heavy atom. The minimum absolute atomic E-state index is 0.0931. The van der Waals surface area contributed by atoms with E-state index < -0.39 is 68.3 Å². The van der Waals surface area contributed by atoms with Gasteiger partial charge >= 0.3 is 0 Å². The Balaban J connectivity index is 1.78. The van der Waals surface area contributed by atoms with Gasteiger partial charge in [0.1, 0.15) is 36.6 Å². The first kappa shape index (κ1) is 22.5. The molecule has 0 radical (unpaired) electrons. The van der Waals surface area contributed by atoms with Crippen LogP contribution >= 0.6 is 0 Å². The topological polar surface area (TPSA) is 163 Å². The van der Waals surface area contributed by atoms with Gasteiger partial charge in [0.05, 0.1) is 25.4 Å². The van der Waals surface area contributed by atoms with Gasteiger partial charge in [0, 0.05) is 13.1 Å². The molecule has 2 saturated heterocycles. The molecular formula is C19H29NO9. The van der Waals surface area contributed by atoms with Gasteiger partial charge in [-0.05, 0) is 5.56 Å². The van der Waals surface area contributed by atoms with Gasteiger partial charge in [-0.25, -0.2) is 0 Å². The van der Waals surface area contributed by atoms with Crippen molar-refractivity contribution in [3.63, 3.8) is 0 Å². The summed E-state index contributed by atoms with van der Waals surface area (Å²) in [5.41, 5.74) is 0.932. The summed E-state index contributed by atoms with van der Waals surface area (Å²) in [4.78, 5) is 1.75. The van der Waals surface area contributed by atoms with E-state index in [1.807, 2.05) is 30.3 Å². The number of rotatable bonds is 6. The highest BCUT2D eigenvalue weighted by molar-refractivity contribution is 5.15. The second kappa shape index (κ2) is 9.75. The molecule has 164 valence electrons. The van der Waals surface area contributed by atoms with Gasteiger partial charge in [0.25, 0.3) is 0 Å². The summed E-state index contributed by atoms with van der Waals surface area (Å²) >= 11 is 0. The Kier molecular flexibility index (Phi) is 7.57. The highest BCUT2D eigenvalue weighted by atomic mass is 16.7. The van der Waals surface area contributed by atoms with Crippen LogP contribution in [0.25, 0.3) is 0 Å². The molecule has 9 atom stereocenters. The number of benzene rings is 1. The number of β-amino-alcohol motifs (C(OH)–C–C–N with tert-alkyl or cyclic N) is 1. The van der Waals surface area contributed by atoms with E-state index in [1.54, 1.807) is 4.90 Å². The highest BCUT2D eigenvalue weighted by Gasteiger charge is 2.49. The lowest BCUT2D eigenvalue weighted by Gasteiger charge is -2.48. The number of aliphatic hydroxyl groups excluding tert-OH is 7. The van der Waals surface area contributed by atoms with E-state index in [2.05, 4.69) is 0 Å². The van der Waals surface area contributed by atoms with E-state index in [4.69, 9.17) is 9.47 Å². The molecule has 1 aromatic carbocycles. The molecule has 0 unspecified atom stereocenters. The van der Waals surface area contributed by atoms with Crippen LogP contribution in [-0.2, 0) is 16.0 Å². The van der Waals surface area contributed by atoms with Crippen molar-refractivity contribution in [2.75, 3.05) is 19.8 Å². The predicted molar refractivity (Wildman–Crippen MR) is 98.4 cm³/mol. The molecular weight excluding hydrogens is 386 g/mol. The van der Waals surface area contributed by atoms with Crippen molar-refractivity contribution in [1.82, 2.24) is 4.90 Å². The third-order valence-corrected chi connectivity index (χ3v) is 5.56. The second-order valence-electron chi connectivity index (χ2n) is 7.52. The van der Waals surface area contributed by atoms with Crippen molar-refractivity contribution in [3.8, 4) is 0 Å². The maximum Gasteiger partial charge on any atom is 0.187 e. The number of aliphatic hydroxyl groups is 7. The molecule has 0 amide bonds. The monoisotopic (exact) mass is 415 g/mol. The fourth-order valence-corrected chi connectivity index (χ4v) is 3.86. The lowest BCUT2D eigenvalue weighted by Crippen LogP contribution is -2.66. The first-order valence-corrected chi connectivity index (χ1v) is 9.58. The van der Waals surface area contributed by atoms with Crippen molar-refractivity contribution in [1.29, 1.82) is 0 Å². The van der Waals surface area contributed by atoms with Crippen LogP contribution < -0.4 is 0 Å². The molecule has 2 fully saturated rings. The molecule has 10 nitrogen and oxygen atoms in total. The lowest BCUT2D eigenvalue weighted by molar-refractivity contribution is -0.329. The SMILES string of the molecule is OC[C@@H]1[C@@H](O[C@H]2O[C@H](CO)[C@@H](O)[C@H](O)[C@H]2O)[C@H](O)[C@@H](O)CN1Cc1ccccc1. The van der Waals surface area contributed by atoms with Crippen molar-refractivity contribution < 1.29 is 45.2 Å². The Bertz CT molecular complexity index is 633. The van der Waals surface area contributed by atoms with Crippen LogP contribution in [0.2, 0.25) is 0 Å².